The Kier molecular flexibility index (Phi) is 3.80. The number of hydrogen-bond acceptors (Lipinski definition) is 2. The molecule has 1 amide bonds. The van der Waals surface area contributed by atoms with Gasteiger partial charge in [-0.15, -0.1) is 0 Å². The third-order valence-electron chi connectivity index (χ3n) is 1.88. The van der Waals surface area contributed by atoms with Gasteiger partial charge in [0, 0.05) is 13.6 Å². The third kappa shape index (κ3) is 3.02. The number of nitrogens with zero attached hydrogens (tertiary/aromatic N) is 1. The van der Waals surface area contributed by atoms with Crippen LogP contribution in [0, 0.1) is 5.82 Å². The molecule has 0 bridgehead atoms. The molecule has 0 unspecified atom stereocenters. The Balaban J connectivity index is 2.77. The van der Waals surface area contributed by atoms with Crippen LogP contribution in [0.4, 0.5) is 4.39 Å². The molecule has 0 saturated carbocycles. The standard InChI is InChI=1S/C10H9ClFNO2/c1-13(10(15)6-14)5-7-2-3-9(12)8(11)4-7/h2-4,6H,5H2,1H3. The van der Waals surface area contributed by atoms with E-state index in [-0.39, 0.29) is 17.9 Å². The van der Waals surface area contributed by atoms with Crippen LogP contribution in [0.2, 0.25) is 5.02 Å². The number of likely N-dealkylation sites (N-methyl/N-ethyl adjacent to an activating group) is 1. The molecule has 0 N–H and O–H groups in total. The average Bonchev–Trinajstić information content (AvgIpc) is 2.22. The largest absolute Gasteiger partial charge is 0.335 e. The van der Waals surface area contributed by atoms with Gasteiger partial charge in [0.2, 0.25) is 6.29 Å². The number of halogens is 2. The molecule has 1 aromatic carbocycles. The molecule has 0 saturated heterocycles. The Morgan fingerprint density at radius 2 is 2.27 bits per heavy atom. The average molecular weight is 230 g/mol. The number of aldehydes is 1. The minimum absolute atomic E-state index is 0.000507. The first kappa shape index (κ1) is 11.7. The van der Waals surface area contributed by atoms with Crippen molar-refractivity contribution in [1.82, 2.24) is 4.90 Å². The molecule has 0 aliphatic carbocycles. The third-order valence-corrected chi connectivity index (χ3v) is 2.17. The number of amides is 1. The summed E-state index contributed by atoms with van der Waals surface area (Å²) in [5, 5.41) is -0.000507. The van der Waals surface area contributed by atoms with Crippen LogP contribution in [-0.4, -0.2) is 24.1 Å². The van der Waals surface area contributed by atoms with Gasteiger partial charge in [-0.1, -0.05) is 17.7 Å². The van der Waals surface area contributed by atoms with Crippen LogP contribution < -0.4 is 0 Å². The van der Waals surface area contributed by atoms with Crippen LogP contribution in [0.1, 0.15) is 5.56 Å². The number of carbonyl (C=O) groups is 2. The SMILES string of the molecule is CN(Cc1ccc(F)c(Cl)c1)C(=O)C=O. The van der Waals surface area contributed by atoms with Gasteiger partial charge in [0.05, 0.1) is 5.02 Å². The van der Waals surface area contributed by atoms with Crippen molar-refractivity contribution in [3.8, 4) is 0 Å². The van der Waals surface area contributed by atoms with E-state index in [1.807, 2.05) is 0 Å². The van der Waals surface area contributed by atoms with Gasteiger partial charge in [0.15, 0.2) is 0 Å². The van der Waals surface area contributed by atoms with Crippen molar-refractivity contribution in [1.29, 1.82) is 0 Å². The number of rotatable bonds is 3. The summed E-state index contributed by atoms with van der Waals surface area (Å²) in [6.45, 7) is 0.220. The molecular weight excluding hydrogens is 221 g/mol. The van der Waals surface area contributed by atoms with Crippen molar-refractivity contribution in [2.24, 2.45) is 0 Å². The molecular formula is C10H9ClFNO2. The lowest BCUT2D eigenvalue weighted by Gasteiger charge is -2.13. The predicted octanol–water partition coefficient (Wildman–Crippen LogP) is 1.64. The van der Waals surface area contributed by atoms with Gasteiger partial charge in [-0.3, -0.25) is 9.59 Å². The Morgan fingerprint density at radius 1 is 1.60 bits per heavy atom. The summed E-state index contributed by atoms with van der Waals surface area (Å²) in [7, 11) is 1.48. The smallest absolute Gasteiger partial charge is 0.286 e. The fraction of sp³-hybridized carbons (Fsp3) is 0.200. The fourth-order valence-electron chi connectivity index (χ4n) is 1.08. The van der Waals surface area contributed by atoms with E-state index in [0.717, 1.165) is 0 Å². The molecule has 0 fully saturated rings. The van der Waals surface area contributed by atoms with E-state index in [9.17, 15) is 14.0 Å². The molecule has 0 spiro atoms. The van der Waals surface area contributed by atoms with Gasteiger partial charge in [-0.25, -0.2) is 4.39 Å². The van der Waals surface area contributed by atoms with Gasteiger partial charge in [0.25, 0.3) is 5.91 Å². The van der Waals surface area contributed by atoms with Crippen molar-refractivity contribution in [2.45, 2.75) is 6.54 Å². The van der Waals surface area contributed by atoms with E-state index in [1.54, 1.807) is 0 Å². The second-order valence-corrected chi connectivity index (χ2v) is 3.47. The Bertz CT molecular complexity index is 395. The van der Waals surface area contributed by atoms with Crippen LogP contribution in [0.5, 0.6) is 0 Å². The van der Waals surface area contributed by atoms with Crippen molar-refractivity contribution in [3.05, 3.63) is 34.6 Å². The summed E-state index contributed by atoms with van der Waals surface area (Å²) >= 11 is 5.56. The van der Waals surface area contributed by atoms with Crippen LogP contribution in [0.25, 0.3) is 0 Å². The zero-order chi connectivity index (χ0) is 11.4. The number of hydrogen-bond donors (Lipinski definition) is 0. The Hall–Kier alpha value is -1.42. The zero-order valence-corrected chi connectivity index (χ0v) is 8.79. The highest BCUT2D eigenvalue weighted by molar-refractivity contribution is 6.30. The summed E-state index contributed by atoms with van der Waals surface area (Å²) in [5.74, 6) is -1.14. The lowest BCUT2D eigenvalue weighted by atomic mass is 10.2. The molecule has 0 aromatic heterocycles. The molecule has 0 atom stereocenters. The molecule has 0 radical (unpaired) electrons. The first-order chi connectivity index (χ1) is 7.04. The van der Waals surface area contributed by atoms with Gasteiger partial charge in [-0.2, -0.15) is 0 Å². The highest BCUT2D eigenvalue weighted by Gasteiger charge is 2.08. The minimum Gasteiger partial charge on any atom is -0.335 e. The lowest BCUT2D eigenvalue weighted by molar-refractivity contribution is -0.138. The first-order valence-corrected chi connectivity index (χ1v) is 4.56. The van der Waals surface area contributed by atoms with Crippen LogP contribution >= 0.6 is 11.6 Å². The van der Waals surface area contributed by atoms with Gasteiger partial charge in [-0.05, 0) is 17.7 Å². The van der Waals surface area contributed by atoms with E-state index in [4.69, 9.17) is 11.6 Å². The maximum absolute atomic E-state index is 12.8. The fourth-order valence-corrected chi connectivity index (χ4v) is 1.28. The molecule has 0 aliphatic rings. The molecule has 5 heteroatoms. The first-order valence-electron chi connectivity index (χ1n) is 4.19. The molecule has 15 heavy (non-hydrogen) atoms. The summed E-state index contributed by atoms with van der Waals surface area (Å²) in [5.41, 5.74) is 0.666. The minimum atomic E-state index is -0.629. The van der Waals surface area contributed by atoms with E-state index >= 15 is 0 Å². The number of benzene rings is 1. The second-order valence-electron chi connectivity index (χ2n) is 3.06. The Labute approximate surface area is 91.4 Å². The topological polar surface area (TPSA) is 37.4 Å². The van der Waals surface area contributed by atoms with Gasteiger partial charge < -0.3 is 4.90 Å². The Morgan fingerprint density at radius 3 is 2.80 bits per heavy atom. The van der Waals surface area contributed by atoms with E-state index < -0.39 is 11.7 Å². The second kappa shape index (κ2) is 4.89. The maximum atomic E-state index is 12.8. The molecule has 0 aliphatic heterocycles. The maximum Gasteiger partial charge on any atom is 0.286 e. The van der Waals surface area contributed by atoms with Crippen molar-refractivity contribution >= 4 is 23.8 Å². The number of carbonyl (C=O) groups excluding carboxylic acids is 2. The van der Waals surface area contributed by atoms with E-state index in [0.29, 0.717) is 5.56 Å². The summed E-state index contributed by atoms with van der Waals surface area (Å²) in [6, 6.07) is 4.15. The lowest BCUT2D eigenvalue weighted by Crippen LogP contribution is -2.26. The van der Waals surface area contributed by atoms with E-state index in [1.165, 1.54) is 30.1 Å². The molecule has 0 heterocycles. The summed E-state index contributed by atoms with van der Waals surface area (Å²) < 4.78 is 12.8. The van der Waals surface area contributed by atoms with E-state index in [2.05, 4.69) is 0 Å². The van der Waals surface area contributed by atoms with Crippen molar-refractivity contribution < 1.29 is 14.0 Å². The highest BCUT2D eigenvalue weighted by atomic mass is 35.5. The predicted molar refractivity (Wildman–Crippen MR) is 53.9 cm³/mol. The van der Waals surface area contributed by atoms with Crippen LogP contribution in [0.3, 0.4) is 0 Å². The van der Waals surface area contributed by atoms with Crippen LogP contribution in [0.15, 0.2) is 18.2 Å². The van der Waals surface area contributed by atoms with Gasteiger partial charge in [0.1, 0.15) is 5.82 Å². The molecule has 1 aromatic rings. The van der Waals surface area contributed by atoms with Crippen molar-refractivity contribution in [3.63, 3.8) is 0 Å². The quantitative estimate of drug-likeness (QED) is 0.584. The molecule has 1 rings (SSSR count). The highest BCUT2D eigenvalue weighted by Crippen LogP contribution is 2.16. The normalized spacial score (nSPS) is 9.80. The monoisotopic (exact) mass is 229 g/mol. The van der Waals surface area contributed by atoms with Crippen LogP contribution in [-0.2, 0) is 16.1 Å². The summed E-state index contributed by atoms with van der Waals surface area (Å²) in [6.07, 6.45) is 0.227. The molecule has 80 valence electrons. The zero-order valence-electron chi connectivity index (χ0n) is 8.04. The van der Waals surface area contributed by atoms with Crippen molar-refractivity contribution in [2.75, 3.05) is 7.05 Å². The molecule has 3 nitrogen and oxygen atoms in total. The van der Waals surface area contributed by atoms with Gasteiger partial charge >= 0.3 is 0 Å². The summed E-state index contributed by atoms with van der Waals surface area (Å²) in [4.78, 5) is 22.3.